The van der Waals surface area contributed by atoms with Crippen molar-refractivity contribution in [2.24, 2.45) is 5.41 Å². The van der Waals surface area contributed by atoms with Crippen molar-refractivity contribution < 1.29 is 0 Å². The van der Waals surface area contributed by atoms with Gasteiger partial charge in [-0.1, -0.05) is 38.5 Å². The van der Waals surface area contributed by atoms with E-state index in [2.05, 4.69) is 10.2 Å². The smallest absolute Gasteiger partial charge is 0.0337 e. The first-order chi connectivity index (χ1) is 9.85. The molecule has 2 heteroatoms. The fourth-order valence-corrected chi connectivity index (χ4v) is 6.03. The Morgan fingerprint density at radius 3 is 2.15 bits per heavy atom. The average Bonchev–Trinajstić information content (AvgIpc) is 2.50. The van der Waals surface area contributed by atoms with Gasteiger partial charge in [-0.2, -0.15) is 0 Å². The molecule has 2 spiro atoms. The van der Waals surface area contributed by atoms with Gasteiger partial charge in [-0.3, -0.25) is 4.90 Å². The molecule has 4 fully saturated rings. The summed E-state index contributed by atoms with van der Waals surface area (Å²) in [5.41, 5.74) is 1.30. The topological polar surface area (TPSA) is 15.3 Å². The maximum atomic E-state index is 3.73. The fraction of sp³-hybridized carbons (Fsp3) is 1.00. The maximum absolute atomic E-state index is 3.73. The first kappa shape index (κ1) is 13.6. The zero-order valence-corrected chi connectivity index (χ0v) is 13.1. The lowest BCUT2D eigenvalue weighted by atomic mass is 9.55. The highest BCUT2D eigenvalue weighted by atomic mass is 15.3. The van der Waals surface area contributed by atoms with Gasteiger partial charge >= 0.3 is 0 Å². The molecule has 3 aliphatic carbocycles. The Bertz CT molecular complexity index is 331. The molecule has 0 radical (unpaired) electrons. The lowest BCUT2D eigenvalue weighted by Crippen LogP contribution is -2.70. The predicted molar refractivity (Wildman–Crippen MR) is 83.9 cm³/mol. The molecule has 114 valence electrons. The van der Waals surface area contributed by atoms with Crippen molar-refractivity contribution in [2.75, 3.05) is 19.6 Å². The standard InChI is InChI=1S/C18H32N2/c1-3-8-17(9-4-1)12-7-16(17)20-14-13-19-15-18(20)10-5-2-6-11-18/h16,19H,1-15H2. The maximum Gasteiger partial charge on any atom is 0.0337 e. The van der Waals surface area contributed by atoms with E-state index in [0.717, 1.165) is 11.5 Å². The predicted octanol–water partition coefficient (Wildman–Crippen LogP) is 3.71. The fourth-order valence-electron chi connectivity index (χ4n) is 6.03. The van der Waals surface area contributed by atoms with E-state index in [1.807, 2.05) is 0 Å². The largest absolute Gasteiger partial charge is 0.314 e. The van der Waals surface area contributed by atoms with Gasteiger partial charge in [0, 0.05) is 31.2 Å². The Morgan fingerprint density at radius 1 is 0.800 bits per heavy atom. The van der Waals surface area contributed by atoms with Crippen LogP contribution in [0.25, 0.3) is 0 Å². The summed E-state index contributed by atoms with van der Waals surface area (Å²) in [7, 11) is 0. The Balaban J connectivity index is 1.55. The van der Waals surface area contributed by atoms with Crippen LogP contribution < -0.4 is 5.32 Å². The molecular formula is C18H32N2. The number of piperazine rings is 1. The van der Waals surface area contributed by atoms with E-state index >= 15 is 0 Å². The number of hydrogen-bond donors (Lipinski definition) is 1. The van der Waals surface area contributed by atoms with Gasteiger partial charge in [0.25, 0.3) is 0 Å². The molecule has 0 aromatic rings. The highest BCUT2D eigenvalue weighted by molar-refractivity contribution is 5.09. The van der Waals surface area contributed by atoms with E-state index in [0.29, 0.717) is 5.54 Å². The molecule has 0 aromatic heterocycles. The van der Waals surface area contributed by atoms with E-state index in [-0.39, 0.29) is 0 Å². The molecule has 0 bridgehead atoms. The minimum absolute atomic E-state index is 0.548. The zero-order valence-electron chi connectivity index (χ0n) is 13.1. The lowest BCUT2D eigenvalue weighted by Gasteiger charge is -2.63. The van der Waals surface area contributed by atoms with Crippen molar-refractivity contribution in [3.63, 3.8) is 0 Å². The van der Waals surface area contributed by atoms with Crippen LogP contribution >= 0.6 is 0 Å². The number of nitrogens with zero attached hydrogens (tertiary/aromatic N) is 1. The van der Waals surface area contributed by atoms with Crippen LogP contribution in [0.4, 0.5) is 0 Å². The van der Waals surface area contributed by atoms with E-state index in [9.17, 15) is 0 Å². The highest BCUT2D eigenvalue weighted by Gasteiger charge is 2.54. The molecule has 20 heavy (non-hydrogen) atoms. The van der Waals surface area contributed by atoms with Gasteiger partial charge in [0.05, 0.1) is 0 Å². The Labute approximate surface area is 124 Å². The second-order valence-electron chi connectivity index (χ2n) is 8.13. The third-order valence-corrected chi connectivity index (χ3v) is 7.23. The van der Waals surface area contributed by atoms with Crippen molar-refractivity contribution in [3.8, 4) is 0 Å². The first-order valence-corrected chi connectivity index (χ1v) is 9.32. The third kappa shape index (κ3) is 2.06. The molecule has 4 aliphatic rings. The summed E-state index contributed by atoms with van der Waals surface area (Å²) >= 11 is 0. The van der Waals surface area contributed by atoms with Gasteiger partial charge in [-0.05, 0) is 43.9 Å². The molecule has 3 saturated carbocycles. The van der Waals surface area contributed by atoms with Gasteiger partial charge in [-0.25, -0.2) is 0 Å². The third-order valence-electron chi connectivity index (χ3n) is 7.23. The monoisotopic (exact) mass is 276 g/mol. The number of nitrogens with one attached hydrogen (secondary N) is 1. The van der Waals surface area contributed by atoms with Gasteiger partial charge in [0.2, 0.25) is 0 Å². The molecule has 0 amide bonds. The van der Waals surface area contributed by atoms with Gasteiger partial charge in [0.15, 0.2) is 0 Å². The van der Waals surface area contributed by atoms with Crippen LogP contribution in [0.5, 0.6) is 0 Å². The lowest BCUT2D eigenvalue weighted by molar-refractivity contribution is -0.118. The molecule has 1 heterocycles. The summed E-state index contributed by atoms with van der Waals surface area (Å²) in [4.78, 5) is 3.04. The Morgan fingerprint density at radius 2 is 1.50 bits per heavy atom. The van der Waals surface area contributed by atoms with Crippen LogP contribution in [0, 0.1) is 5.41 Å². The molecule has 1 aliphatic heterocycles. The van der Waals surface area contributed by atoms with Crippen LogP contribution in [0.1, 0.15) is 77.0 Å². The molecule has 1 unspecified atom stereocenters. The van der Waals surface area contributed by atoms with Crippen molar-refractivity contribution in [2.45, 2.75) is 88.6 Å². The summed E-state index contributed by atoms with van der Waals surface area (Å²) in [5, 5.41) is 3.73. The Hall–Kier alpha value is -0.0800. The van der Waals surface area contributed by atoms with Crippen LogP contribution in [0.2, 0.25) is 0 Å². The molecule has 1 atom stereocenters. The van der Waals surface area contributed by atoms with E-state index < -0.39 is 0 Å². The second kappa shape index (κ2) is 5.28. The van der Waals surface area contributed by atoms with E-state index in [4.69, 9.17) is 0 Å². The second-order valence-corrected chi connectivity index (χ2v) is 8.13. The van der Waals surface area contributed by atoms with Gasteiger partial charge in [-0.15, -0.1) is 0 Å². The summed E-state index contributed by atoms with van der Waals surface area (Å²) in [6, 6.07) is 0.947. The summed E-state index contributed by atoms with van der Waals surface area (Å²) in [5.74, 6) is 0. The first-order valence-electron chi connectivity index (χ1n) is 9.32. The van der Waals surface area contributed by atoms with Crippen molar-refractivity contribution in [3.05, 3.63) is 0 Å². The zero-order chi connectivity index (χ0) is 13.5. The highest BCUT2D eigenvalue weighted by Crippen LogP contribution is 2.56. The van der Waals surface area contributed by atoms with Crippen LogP contribution in [-0.4, -0.2) is 36.1 Å². The number of rotatable bonds is 1. The number of hydrogen-bond acceptors (Lipinski definition) is 2. The minimum Gasteiger partial charge on any atom is -0.314 e. The Kier molecular flexibility index (Phi) is 3.58. The minimum atomic E-state index is 0.548. The van der Waals surface area contributed by atoms with Crippen LogP contribution in [-0.2, 0) is 0 Å². The van der Waals surface area contributed by atoms with Crippen molar-refractivity contribution >= 4 is 0 Å². The molecule has 1 N–H and O–H groups in total. The molecular weight excluding hydrogens is 244 g/mol. The van der Waals surface area contributed by atoms with Gasteiger partial charge in [0.1, 0.15) is 0 Å². The van der Waals surface area contributed by atoms with Gasteiger partial charge < -0.3 is 5.32 Å². The normalized spacial score (nSPS) is 36.9. The quantitative estimate of drug-likeness (QED) is 0.785. The summed E-state index contributed by atoms with van der Waals surface area (Å²) in [6.07, 6.45) is 18.0. The van der Waals surface area contributed by atoms with Crippen molar-refractivity contribution in [1.29, 1.82) is 0 Å². The van der Waals surface area contributed by atoms with Crippen LogP contribution in [0.3, 0.4) is 0 Å². The molecule has 2 nitrogen and oxygen atoms in total. The van der Waals surface area contributed by atoms with Crippen LogP contribution in [0.15, 0.2) is 0 Å². The van der Waals surface area contributed by atoms with Crippen molar-refractivity contribution in [1.82, 2.24) is 10.2 Å². The molecule has 1 saturated heterocycles. The SMILES string of the molecule is C1CCC2(CC1)CCC2N1CCNCC12CCCCC2. The average molecular weight is 276 g/mol. The van der Waals surface area contributed by atoms with E-state index in [1.54, 1.807) is 0 Å². The summed E-state index contributed by atoms with van der Waals surface area (Å²) in [6.45, 7) is 3.83. The summed E-state index contributed by atoms with van der Waals surface area (Å²) < 4.78 is 0. The molecule has 0 aromatic carbocycles. The van der Waals surface area contributed by atoms with E-state index in [1.165, 1.54) is 96.7 Å². The molecule has 4 rings (SSSR count).